The second-order valence-electron chi connectivity index (χ2n) is 3.80. The zero-order chi connectivity index (χ0) is 9.90. The molecule has 72 valence electrons. The van der Waals surface area contributed by atoms with Crippen molar-refractivity contribution in [2.75, 3.05) is 0 Å². The summed E-state index contributed by atoms with van der Waals surface area (Å²) in [4.78, 5) is 13.6. The summed E-state index contributed by atoms with van der Waals surface area (Å²) >= 11 is 0. The molecule has 0 radical (unpaired) electrons. The number of rotatable bonds is 2. The minimum atomic E-state index is -0.744. The predicted molar refractivity (Wildman–Crippen MR) is 47.1 cm³/mol. The molecule has 0 bridgehead atoms. The van der Waals surface area contributed by atoms with Gasteiger partial charge in [0.25, 0.3) is 0 Å². The lowest BCUT2D eigenvalue weighted by Gasteiger charge is -2.31. The van der Waals surface area contributed by atoms with Crippen LogP contribution in [-0.2, 0) is 4.79 Å². The van der Waals surface area contributed by atoms with E-state index in [0.29, 0.717) is 25.7 Å². The molecule has 0 heterocycles. The van der Waals surface area contributed by atoms with Crippen molar-refractivity contribution >= 4 is 5.97 Å². The van der Waals surface area contributed by atoms with E-state index in [4.69, 9.17) is 10.6 Å². The molecule has 0 spiro atoms. The molecule has 1 saturated carbocycles. The number of azide groups is 1. The molecule has 1 aliphatic carbocycles. The Bertz CT molecular complexity index is 250. The van der Waals surface area contributed by atoms with Crippen molar-refractivity contribution in [2.45, 2.75) is 38.6 Å². The van der Waals surface area contributed by atoms with Gasteiger partial charge in [-0.15, -0.1) is 0 Å². The Balaban J connectivity index is 2.56. The molecule has 0 aromatic rings. The molecule has 0 aliphatic heterocycles. The van der Waals surface area contributed by atoms with Crippen LogP contribution in [0.1, 0.15) is 32.6 Å². The van der Waals surface area contributed by atoms with Gasteiger partial charge in [0.15, 0.2) is 0 Å². The molecule has 1 rings (SSSR count). The zero-order valence-corrected chi connectivity index (χ0v) is 7.60. The fourth-order valence-corrected chi connectivity index (χ4v) is 1.64. The maximum absolute atomic E-state index is 10.8. The van der Waals surface area contributed by atoms with Crippen LogP contribution in [0.5, 0.6) is 0 Å². The minimum Gasteiger partial charge on any atom is -0.481 e. The number of hydrogen-bond acceptors (Lipinski definition) is 2. The quantitative estimate of drug-likeness (QED) is 0.404. The van der Waals surface area contributed by atoms with Crippen molar-refractivity contribution in [3.8, 4) is 0 Å². The van der Waals surface area contributed by atoms with Gasteiger partial charge in [-0.2, -0.15) is 0 Å². The van der Waals surface area contributed by atoms with E-state index >= 15 is 0 Å². The summed E-state index contributed by atoms with van der Waals surface area (Å²) in [6.45, 7) is 1.75. The molecule has 1 aliphatic rings. The maximum atomic E-state index is 10.8. The van der Waals surface area contributed by atoms with Crippen molar-refractivity contribution in [1.82, 2.24) is 0 Å². The zero-order valence-electron chi connectivity index (χ0n) is 7.60. The van der Waals surface area contributed by atoms with Gasteiger partial charge in [-0.3, -0.25) is 4.79 Å². The Morgan fingerprint density at radius 1 is 1.62 bits per heavy atom. The monoisotopic (exact) mass is 183 g/mol. The molecular weight excluding hydrogens is 170 g/mol. The smallest absolute Gasteiger partial charge is 0.309 e. The van der Waals surface area contributed by atoms with E-state index in [9.17, 15) is 4.79 Å². The standard InChI is InChI=1S/C8H13N3O2/c1-8(7(12)13)4-2-6(3-5-8)10-11-9/h6H,2-5H2,1H3,(H,12,13). The molecule has 0 amide bonds. The summed E-state index contributed by atoms with van der Waals surface area (Å²) in [7, 11) is 0. The van der Waals surface area contributed by atoms with Crippen molar-refractivity contribution in [1.29, 1.82) is 0 Å². The summed E-state index contributed by atoms with van der Waals surface area (Å²) in [5.41, 5.74) is 7.59. The van der Waals surface area contributed by atoms with E-state index < -0.39 is 11.4 Å². The predicted octanol–water partition coefficient (Wildman–Crippen LogP) is 2.33. The SMILES string of the molecule is CC1(C(=O)O)CCC(N=[N+]=[N-])CC1. The summed E-state index contributed by atoms with van der Waals surface area (Å²) in [6.07, 6.45) is 2.58. The van der Waals surface area contributed by atoms with Crippen LogP contribution in [0, 0.1) is 5.41 Å². The van der Waals surface area contributed by atoms with Crippen LogP contribution in [0.15, 0.2) is 5.11 Å². The molecular formula is C8H13N3O2. The average molecular weight is 183 g/mol. The lowest BCUT2D eigenvalue weighted by atomic mass is 9.74. The van der Waals surface area contributed by atoms with Gasteiger partial charge in [0.05, 0.1) is 5.41 Å². The number of hydrogen-bond donors (Lipinski definition) is 1. The average Bonchev–Trinajstić information content (AvgIpc) is 2.09. The van der Waals surface area contributed by atoms with E-state index in [1.54, 1.807) is 6.92 Å². The lowest BCUT2D eigenvalue weighted by Crippen LogP contribution is -2.33. The minimum absolute atomic E-state index is 0.00238. The topological polar surface area (TPSA) is 86.1 Å². The van der Waals surface area contributed by atoms with Crippen molar-refractivity contribution in [3.05, 3.63) is 10.4 Å². The highest BCUT2D eigenvalue weighted by Crippen LogP contribution is 2.37. The molecule has 0 atom stereocenters. The normalized spacial score (nSPS) is 33.5. The van der Waals surface area contributed by atoms with Gasteiger partial charge in [0, 0.05) is 11.0 Å². The van der Waals surface area contributed by atoms with E-state index in [2.05, 4.69) is 10.0 Å². The first-order chi connectivity index (χ1) is 6.08. The number of nitrogens with zero attached hydrogens (tertiary/aromatic N) is 3. The number of carboxylic acids is 1. The molecule has 5 nitrogen and oxygen atoms in total. The Kier molecular flexibility index (Phi) is 2.78. The van der Waals surface area contributed by atoms with Crippen molar-refractivity contribution in [2.24, 2.45) is 10.5 Å². The van der Waals surface area contributed by atoms with Crippen LogP contribution >= 0.6 is 0 Å². The third kappa shape index (κ3) is 2.12. The van der Waals surface area contributed by atoms with Crippen LogP contribution in [0.3, 0.4) is 0 Å². The fraction of sp³-hybridized carbons (Fsp3) is 0.875. The molecule has 0 unspecified atom stereocenters. The van der Waals surface area contributed by atoms with Crippen LogP contribution in [-0.4, -0.2) is 17.1 Å². The van der Waals surface area contributed by atoms with Crippen LogP contribution in [0.2, 0.25) is 0 Å². The van der Waals surface area contributed by atoms with Crippen LogP contribution in [0.4, 0.5) is 0 Å². The fourth-order valence-electron chi connectivity index (χ4n) is 1.64. The van der Waals surface area contributed by atoms with Gasteiger partial charge in [-0.05, 0) is 38.1 Å². The first kappa shape index (κ1) is 9.86. The Morgan fingerprint density at radius 3 is 2.54 bits per heavy atom. The maximum Gasteiger partial charge on any atom is 0.309 e. The number of carboxylic acid groups (broad SMARTS) is 1. The van der Waals surface area contributed by atoms with E-state index in [0.717, 1.165) is 0 Å². The highest BCUT2D eigenvalue weighted by molar-refractivity contribution is 5.74. The van der Waals surface area contributed by atoms with Crippen LogP contribution < -0.4 is 0 Å². The first-order valence-electron chi connectivity index (χ1n) is 4.36. The van der Waals surface area contributed by atoms with Crippen LogP contribution in [0.25, 0.3) is 10.4 Å². The molecule has 1 fully saturated rings. The van der Waals surface area contributed by atoms with E-state index in [1.807, 2.05) is 0 Å². The van der Waals surface area contributed by atoms with Gasteiger partial charge in [-0.1, -0.05) is 5.11 Å². The Labute approximate surface area is 76.4 Å². The molecule has 5 heteroatoms. The third-order valence-electron chi connectivity index (χ3n) is 2.79. The highest BCUT2D eigenvalue weighted by atomic mass is 16.4. The first-order valence-corrected chi connectivity index (χ1v) is 4.36. The van der Waals surface area contributed by atoms with Gasteiger partial charge in [-0.25, -0.2) is 0 Å². The van der Waals surface area contributed by atoms with Gasteiger partial charge in [0.1, 0.15) is 0 Å². The summed E-state index contributed by atoms with van der Waals surface area (Å²) < 4.78 is 0. The molecule has 0 aromatic carbocycles. The summed E-state index contributed by atoms with van der Waals surface area (Å²) in [5.74, 6) is -0.744. The largest absolute Gasteiger partial charge is 0.481 e. The van der Waals surface area contributed by atoms with Gasteiger partial charge in [0.2, 0.25) is 0 Å². The Morgan fingerprint density at radius 2 is 2.15 bits per heavy atom. The highest BCUT2D eigenvalue weighted by Gasteiger charge is 2.37. The third-order valence-corrected chi connectivity index (χ3v) is 2.79. The van der Waals surface area contributed by atoms with Gasteiger partial charge < -0.3 is 5.11 Å². The number of aliphatic carboxylic acids is 1. The second-order valence-corrected chi connectivity index (χ2v) is 3.80. The number of carbonyl (C=O) groups is 1. The van der Waals surface area contributed by atoms with Crippen molar-refractivity contribution in [3.63, 3.8) is 0 Å². The summed E-state index contributed by atoms with van der Waals surface area (Å²) in [6, 6.07) is -0.00238. The molecule has 0 aromatic heterocycles. The second kappa shape index (κ2) is 3.66. The molecule has 1 N–H and O–H groups in total. The molecule has 13 heavy (non-hydrogen) atoms. The van der Waals surface area contributed by atoms with E-state index in [1.165, 1.54) is 0 Å². The molecule has 0 saturated heterocycles. The lowest BCUT2D eigenvalue weighted by molar-refractivity contribution is -0.149. The summed E-state index contributed by atoms with van der Waals surface area (Å²) in [5, 5.41) is 12.5. The van der Waals surface area contributed by atoms with Gasteiger partial charge >= 0.3 is 5.97 Å². The van der Waals surface area contributed by atoms with Crippen molar-refractivity contribution < 1.29 is 9.90 Å². The Hall–Kier alpha value is -1.22. The van der Waals surface area contributed by atoms with E-state index in [-0.39, 0.29) is 6.04 Å².